The Balaban J connectivity index is 1.60. The number of para-hydroxylation sites is 1. The number of rotatable bonds is 5. The Morgan fingerprint density at radius 2 is 1.79 bits per heavy atom. The van der Waals surface area contributed by atoms with E-state index in [2.05, 4.69) is 0 Å². The van der Waals surface area contributed by atoms with Gasteiger partial charge in [-0.15, -0.1) is 0 Å². The molecule has 0 saturated carbocycles. The number of likely N-dealkylation sites (tertiary alicyclic amines) is 1. The van der Waals surface area contributed by atoms with Crippen molar-refractivity contribution in [2.75, 3.05) is 13.1 Å². The minimum absolute atomic E-state index is 0.00253. The highest BCUT2D eigenvalue weighted by Gasteiger charge is 2.28. The van der Waals surface area contributed by atoms with Crippen LogP contribution in [0.3, 0.4) is 0 Å². The van der Waals surface area contributed by atoms with Gasteiger partial charge in [-0.25, -0.2) is 0 Å². The van der Waals surface area contributed by atoms with Gasteiger partial charge in [0.1, 0.15) is 11.9 Å². The Bertz CT molecular complexity index is 730. The SMILES string of the molecule is NC(=O)c1ccccc1CC(=O)N1CCC(Oc2ccccc2)C1. The highest BCUT2D eigenvalue weighted by molar-refractivity contribution is 5.95. The number of nitrogens with two attached hydrogens (primary N) is 1. The molecule has 1 aliphatic heterocycles. The molecule has 5 heteroatoms. The molecule has 3 rings (SSSR count). The second-order valence-corrected chi connectivity index (χ2v) is 5.88. The lowest BCUT2D eigenvalue weighted by atomic mass is 10.0. The van der Waals surface area contributed by atoms with E-state index in [0.29, 0.717) is 24.2 Å². The monoisotopic (exact) mass is 324 g/mol. The number of ether oxygens (including phenoxy) is 1. The number of hydrogen-bond donors (Lipinski definition) is 1. The Kier molecular flexibility index (Phi) is 4.79. The van der Waals surface area contributed by atoms with E-state index in [-0.39, 0.29) is 18.4 Å². The molecule has 0 radical (unpaired) electrons. The Morgan fingerprint density at radius 3 is 2.54 bits per heavy atom. The van der Waals surface area contributed by atoms with Crippen LogP contribution < -0.4 is 10.5 Å². The molecule has 24 heavy (non-hydrogen) atoms. The van der Waals surface area contributed by atoms with E-state index < -0.39 is 5.91 Å². The number of hydrogen-bond acceptors (Lipinski definition) is 3. The molecule has 0 aromatic heterocycles. The van der Waals surface area contributed by atoms with Crippen molar-refractivity contribution in [3.63, 3.8) is 0 Å². The molecule has 2 N–H and O–H groups in total. The molecular weight excluding hydrogens is 304 g/mol. The normalized spacial score (nSPS) is 16.8. The van der Waals surface area contributed by atoms with E-state index >= 15 is 0 Å². The summed E-state index contributed by atoms with van der Waals surface area (Å²) in [5.41, 5.74) is 6.44. The molecule has 2 aromatic carbocycles. The first-order valence-electron chi connectivity index (χ1n) is 8.00. The second kappa shape index (κ2) is 7.17. The Morgan fingerprint density at radius 1 is 1.08 bits per heavy atom. The number of nitrogens with zero attached hydrogens (tertiary/aromatic N) is 1. The summed E-state index contributed by atoms with van der Waals surface area (Å²) >= 11 is 0. The molecule has 124 valence electrons. The summed E-state index contributed by atoms with van der Waals surface area (Å²) in [6.07, 6.45) is 0.984. The van der Waals surface area contributed by atoms with Gasteiger partial charge in [0.25, 0.3) is 0 Å². The van der Waals surface area contributed by atoms with Crippen molar-refractivity contribution < 1.29 is 14.3 Å². The summed E-state index contributed by atoms with van der Waals surface area (Å²) in [6.45, 7) is 1.22. The van der Waals surface area contributed by atoms with E-state index in [1.165, 1.54) is 0 Å². The largest absolute Gasteiger partial charge is 0.489 e. The van der Waals surface area contributed by atoms with Gasteiger partial charge in [0.2, 0.25) is 11.8 Å². The molecule has 1 saturated heterocycles. The highest BCUT2D eigenvalue weighted by Crippen LogP contribution is 2.19. The standard InChI is InChI=1S/C19H20N2O3/c20-19(23)17-9-5-4-6-14(17)12-18(22)21-11-10-16(13-21)24-15-7-2-1-3-8-15/h1-9,16H,10-13H2,(H2,20,23). The van der Waals surface area contributed by atoms with Crippen molar-refractivity contribution in [2.45, 2.75) is 18.9 Å². The van der Waals surface area contributed by atoms with Gasteiger partial charge in [0, 0.05) is 18.5 Å². The molecule has 0 aliphatic carbocycles. The van der Waals surface area contributed by atoms with Crippen molar-refractivity contribution in [1.29, 1.82) is 0 Å². The maximum absolute atomic E-state index is 12.5. The molecular formula is C19H20N2O3. The predicted octanol–water partition coefficient (Wildman–Crippen LogP) is 2.01. The smallest absolute Gasteiger partial charge is 0.248 e. The van der Waals surface area contributed by atoms with Crippen molar-refractivity contribution >= 4 is 11.8 Å². The van der Waals surface area contributed by atoms with Crippen LogP contribution in [-0.2, 0) is 11.2 Å². The van der Waals surface area contributed by atoms with E-state index in [0.717, 1.165) is 12.2 Å². The molecule has 1 unspecified atom stereocenters. The average molecular weight is 324 g/mol. The maximum atomic E-state index is 12.5. The van der Waals surface area contributed by atoms with Crippen molar-refractivity contribution in [2.24, 2.45) is 5.73 Å². The summed E-state index contributed by atoms with van der Waals surface area (Å²) in [4.78, 5) is 25.7. The number of carbonyl (C=O) groups excluding carboxylic acids is 2. The van der Waals surface area contributed by atoms with E-state index in [4.69, 9.17) is 10.5 Å². The Labute approximate surface area is 141 Å². The molecule has 0 spiro atoms. The third-order valence-corrected chi connectivity index (χ3v) is 4.17. The van der Waals surface area contributed by atoms with Gasteiger partial charge in [-0.3, -0.25) is 9.59 Å². The minimum atomic E-state index is -0.509. The van der Waals surface area contributed by atoms with E-state index in [9.17, 15) is 9.59 Å². The van der Waals surface area contributed by atoms with Gasteiger partial charge in [-0.1, -0.05) is 36.4 Å². The maximum Gasteiger partial charge on any atom is 0.248 e. The number of amides is 2. The van der Waals surface area contributed by atoms with Crippen LogP contribution in [0.5, 0.6) is 5.75 Å². The predicted molar refractivity (Wildman–Crippen MR) is 90.7 cm³/mol. The minimum Gasteiger partial charge on any atom is -0.489 e. The molecule has 1 aliphatic rings. The van der Waals surface area contributed by atoms with Crippen molar-refractivity contribution in [3.05, 3.63) is 65.7 Å². The molecule has 1 heterocycles. The first-order valence-corrected chi connectivity index (χ1v) is 8.00. The van der Waals surface area contributed by atoms with Gasteiger partial charge in [0.05, 0.1) is 13.0 Å². The number of benzene rings is 2. The van der Waals surface area contributed by atoms with Crippen molar-refractivity contribution in [3.8, 4) is 5.75 Å². The van der Waals surface area contributed by atoms with E-state index in [1.54, 1.807) is 29.2 Å². The summed E-state index contributed by atoms with van der Waals surface area (Å²) in [5, 5.41) is 0. The van der Waals surface area contributed by atoms with Gasteiger partial charge < -0.3 is 15.4 Å². The molecule has 0 bridgehead atoms. The fourth-order valence-corrected chi connectivity index (χ4v) is 2.93. The van der Waals surface area contributed by atoms with Crippen LogP contribution in [0.2, 0.25) is 0 Å². The lowest BCUT2D eigenvalue weighted by Crippen LogP contribution is -2.32. The number of primary amides is 1. The molecule has 2 aromatic rings. The van der Waals surface area contributed by atoms with Crippen LogP contribution in [0.4, 0.5) is 0 Å². The summed E-state index contributed by atoms with van der Waals surface area (Å²) in [5.74, 6) is 0.295. The summed E-state index contributed by atoms with van der Waals surface area (Å²) in [6, 6.07) is 16.6. The van der Waals surface area contributed by atoms with Crippen LogP contribution in [0, 0.1) is 0 Å². The molecule has 1 fully saturated rings. The lowest BCUT2D eigenvalue weighted by molar-refractivity contribution is -0.129. The zero-order chi connectivity index (χ0) is 16.9. The molecule has 2 amide bonds. The van der Waals surface area contributed by atoms with Crippen LogP contribution in [0.25, 0.3) is 0 Å². The van der Waals surface area contributed by atoms with Crippen LogP contribution in [0.15, 0.2) is 54.6 Å². The van der Waals surface area contributed by atoms with Gasteiger partial charge in [0.15, 0.2) is 0 Å². The first-order chi connectivity index (χ1) is 11.6. The zero-order valence-electron chi connectivity index (χ0n) is 13.4. The third-order valence-electron chi connectivity index (χ3n) is 4.17. The second-order valence-electron chi connectivity index (χ2n) is 5.88. The summed E-state index contributed by atoms with van der Waals surface area (Å²) in [7, 11) is 0. The first kappa shape index (κ1) is 16.1. The van der Waals surface area contributed by atoms with Gasteiger partial charge >= 0.3 is 0 Å². The quantitative estimate of drug-likeness (QED) is 0.914. The lowest BCUT2D eigenvalue weighted by Gasteiger charge is -2.18. The molecule has 5 nitrogen and oxygen atoms in total. The fraction of sp³-hybridized carbons (Fsp3) is 0.263. The third kappa shape index (κ3) is 3.74. The van der Waals surface area contributed by atoms with Crippen LogP contribution in [-0.4, -0.2) is 35.9 Å². The topological polar surface area (TPSA) is 72.6 Å². The van der Waals surface area contributed by atoms with Gasteiger partial charge in [-0.2, -0.15) is 0 Å². The van der Waals surface area contributed by atoms with Gasteiger partial charge in [-0.05, 0) is 23.8 Å². The fourth-order valence-electron chi connectivity index (χ4n) is 2.93. The Hall–Kier alpha value is -2.82. The van der Waals surface area contributed by atoms with E-state index in [1.807, 2.05) is 30.3 Å². The number of carbonyl (C=O) groups is 2. The summed E-state index contributed by atoms with van der Waals surface area (Å²) < 4.78 is 5.90. The highest BCUT2D eigenvalue weighted by atomic mass is 16.5. The van der Waals surface area contributed by atoms with Crippen molar-refractivity contribution in [1.82, 2.24) is 4.90 Å². The average Bonchev–Trinajstić information content (AvgIpc) is 3.05. The van der Waals surface area contributed by atoms with Crippen LogP contribution >= 0.6 is 0 Å². The van der Waals surface area contributed by atoms with Crippen LogP contribution in [0.1, 0.15) is 22.3 Å². The molecule has 1 atom stereocenters. The zero-order valence-corrected chi connectivity index (χ0v) is 13.4.